The Morgan fingerprint density at radius 3 is 2.81 bits per heavy atom. The highest BCUT2D eigenvalue weighted by atomic mass is 19.1. The van der Waals surface area contributed by atoms with Gasteiger partial charge in [-0.1, -0.05) is 12.1 Å². The molecule has 2 rings (SSSR count). The van der Waals surface area contributed by atoms with Gasteiger partial charge in [0.1, 0.15) is 5.82 Å². The predicted octanol–water partition coefficient (Wildman–Crippen LogP) is 0.938. The number of halogens is 1. The summed E-state index contributed by atoms with van der Waals surface area (Å²) in [7, 11) is 3.61. The quantitative estimate of drug-likeness (QED) is 0.856. The maximum atomic E-state index is 13.9. The molecule has 1 aromatic carbocycles. The highest BCUT2D eigenvalue weighted by molar-refractivity contribution is 5.94. The normalized spacial score (nSPS) is 12.0. The standard InChI is InChI=1S/C13H17FN6O/c1-8(12-16-18-19-17-12)7-15-13(21)10-5-4-9(20(2)3)6-11(10)14/h4-6,8H,7H2,1-3H3,(H,15,21)(H,16,17,18,19)/t8-/m1/s1. The Bertz CT molecular complexity index is 613. The lowest BCUT2D eigenvalue weighted by Crippen LogP contribution is -2.28. The lowest BCUT2D eigenvalue weighted by molar-refractivity contribution is 0.0947. The number of carbonyl (C=O) groups is 1. The van der Waals surface area contributed by atoms with Crippen LogP contribution in [0, 0.1) is 5.82 Å². The van der Waals surface area contributed by atoms with E-state index in [-0.39, 0.29) is 11.5 Å². The number of nitrogens with zero attached hydrogens (tertiary/aromatic N) is 4. The van der Waals surface area contributed by atoms with E-state index < -0.39 is 11.7 Å². The van der Waals surface area contributed by atoms with Crippen LogP contribution in [0.5, 0.6) is 0 Å². The molecule has 112 valence electrons. The Labute approximate surface area is 121 Å². The van der Waals surface area contributed by atoms with Gasteiger partial charge in [-0.2, -0.15) is 5.21 Å². The number of aromatic amines is 1. The van der Waals surface area contributed by atoms with Crippen LogP contribution in [0.15, 0.2) is 18.2 Å². The molecule has 7 nitrogen and oxygen atoms in total. The van der Waals surface area contributed by atoms with Crippen molar-refractivity contribution in [3.63, 3.8) is 0 Å². The SMILES string of the molecule is C[C@H](CNC(=O)c1ccc(N(C)C)cc1F)c1nn[nH]n1. The number of amides is 1. The third-order valence-electron chi connectivity index (χ3n) is 3.08. The molecule has 1 heterocycles. The van der Waals surface area contributed by atoms with E-state index in [9.17, 15) is 9.18 Å². The van der Waals surface area contributed by atoms with Gasteiger partial charge in [0.05, 0.1) is 5.56 Å². The second-order valence-corrected chi connectivity index (χ2v) is 4.94. The highest BCUT2D eigenvalue weighted by Crippen LogP contribution is 2.17. The van der Waals surface area contributed by atoms with E-state index in [4.69, 9.17) is 0 Å². The summed E-state index contributed by atoms with van der Waals surface area (Å²) in [5.41, 5.74) is 0.713. The molecule has 0 aliphatic carbocycles. The van der Waals surface area contributed by atoms with Gasteiger partial charge < -0.3 is 10.2 Å². The molecule has 1 amide bonds. The molecular formula is C13H17FN6O. The van der Waals surface area contributed by atoms with Gasteiger partial charge in [0.2, 0.25) is 0 Å². The summed E-state index contributed by atoms with van der Waals surface area (Å²) in [5.74, 6) is -0.630. The maximum absolute atomic E-state index is 13.9. The molecule has 21 heavy (non-hydrogen) atoms. The number of nitrogens with one attached hydrogen (secondary N) is 2. The molecule has 0 saturated heterocycles. The number of hydrogen-bond acceptors (Lipinski definition) is 5. The Balaban J connectivity index is 2.00. The molecule has 1 aromatic heterocycles. The Morgan fingerprint density at radius 2 is 2.24 bits per heavy atom. The summed E-state index contributed by atoms with van der Waals surface area (Å²) in [6, 6.07) is 4.50. The second kappa shape index (κ2) is 6.29. The fourth-order valence-electron chi connectivity index (χ4n) is 1.78. The van der Waals surface area contributed by atoms with E-state index in [0.29, 0.717) is 18.1 Å². The van der Waals surface area contributed by atoms with Gasteiger partial charge in [-0.3, -0.25) is 4.79 Å². The first kappa shape index (κ1) is 14.9. The monoisotopic (exact) mass is 292 g/mol. The first-order chi connectivity index (χ1) is 9.99. The Hall–Kier alpha value is -2.51. The van der Waals surface area contributed by atoms with Crippen LogP contribution in [-0.2, 0) is 0 Å². The molecule has 0 unspecified atom stereocenters. The van der Waals surface area contributed by atoms with Crippen molar-refractivity contribution in [1.29, 1.82) is 0 Å². The zero-order valence-corrected chi connectivity index (χ0v) is 12.1. The minimum Gasteiger partial charge on any atom is -0.378 e. The number of aromatic nitrogens is 4. The second-order valence-electron chi connectivity index (χ2n) is 4.94. The van der Waals surface area contributed by atoms with Gasteiger partial charge in [-0.15, -0.1) is 10.2 Å². The Morgan fingerprint density at radius 1 is 1.48 bits per heavy atom. The minimum absolute atomic E-state index is 0.0147. The topological polar surface area (TPSA) is 86.8 Å². The van der Waals surface area contributed by atoms with Crippen LogP contribution >= 0.6 is 0 Å². The van der Waals surface area contributed by atoms with Crippen molar-refractivity contribution in [2.24, 2.45) is 0 Å². The molecular weight excluding hydrogens is 275 g/mol. The van der Waals surface area contributed by atoms with Crippen molar-refractivity contribution < 1.29 is 9.18 Å². The molecule has 1 atom stereocenters. The summed E-state index contributed by atoms with van der Waals surface area (Å²) in [4.78, 5) is 13.8. The summed E-state index contributed by atoms with van der Waals surface area (Å²) in [6.07, 6.45) is 0. The molecule has 0 aliphatic rings. The molecule has 2 N–H and O–H groups in total. The number of rotatable bonds is 5. The smallest absolute Gasteiger partial charge is 0.254 e. The fourth-order valence-corrected chi connectivity index (χ4v) is 1.78. The molecule has 0 aliphatic heterocycles. The van der Waals surface area contributed by atoms with Crippen LogP contribution in [0.1, 0.15) is 29.0 Å². The van der Waals surface area contributed by atoms with E-state index in [0.717, 1.165) is 0 Å². The average Bonchev–Trinajstić information content (AvgIpc) is 2.98. The number of carbonyl (C=O) groups excluding carboxylic acids is 1. The van der Waals surface area contributed by atoms with Gasteiger partial charge in [-0.25, -0.2) is 4.39 Å². The number of benzene rings is 1. The van der Waals surface area contributed by atoms with Crippen molar-refractivity contribution in [3.8, 4) is 0 Å². The number of H-pyrrole nitrogens is 1. The molecule has 0 spiro atoms. The molecule has 0 fully saturated rings. The van der Waals surface area contributed by atoms with Crippen molar-refractivity contribution in [3.05, 3.63) is 35.4 Å². The Kier molecular flexibility index (Phi) is 4.46. The highest BCUT2D eigenvalue weighted by Gasteiger charge is 2.16. The zero-order valence-electron chi connectivity index (χ0n) is 12.1. The number of hydrogen-bond donors (Lipinski definition) is 2. The first-order valence-corrected chi connectivity index (χ1v) is 6.47. The first-order valence-electron chi connectivity index (χ1n) is 6.47. The van der Waals surface area contributed by atoms with Crippen LogP contribution in [0.3, 0.4) is 0 Å². The minimum atomic E-state index is -0.550. The molecule has 2 aromatic rings. The predicted molar refractivity (Wildman–Crippen MR) is 75.7 cm³/mol. The summed E-state index contributed by atoms with van der Waals surface area (Å²) in [6.45, 7) is 2.14. The van der Waals surface area contributed by atoms with Crippen LogP contribution < -0.4 is 10.2 Å². The molecule has 0 bridgehead atoms. The van der Waals surface area contributed by atoms with Gasteiger partial charge in [0.15, 0.2) is 5.82 Å². The molecule has 0 radical (unpaired) electrons. The molecule has 8 heteroatoms. The van der Waals surface area contributed by atoms with Crippen LogP contribution in [-0.4, -0.2) is 47.2 Å². The maximum Gasteiger partial charge on any atom is 0.254 e. The average molecular weight is 292 g/mol. The van der Waals surface area contributed by atoms with Gasteiger partial charge >= 0.3 is 0 Å². The van der Waals surface area contributed by atoms with Crippen molar-refractivity contribution in [2.45, 2.75) is 12.8 Å². The van der Waals surface area contributed by atoms with Crippen LogP contribution in [0.4, 0.5) is 10.1 Å². The van der Waals surface area contributed by atoms with Crippen LogP contribution in [0.25, 0.3) is 0 Å². The number of anilines is 1. The van der Waals surface area contributed by atoms with Gasteiger partial charge in [0, 0.05) is 32.2 Å². The number of tetrazole rings is 1. The van der Waals surface area contributed by atoms with E-state index in [1.165, 1.54) is 12.1 Å². The van der Waals surface area contributed by atoms with E-state index in [1.807, 2.05) is 6.92 Å². The lowest BCUT2D eigenvalue weighted by atomic mass is 10.1. The fraction of sp³-hybridized carbons (Fsp3) is 0.385. The van der Waals surface area contributed by atoms with Gasteiger partial charge in [-0.05, 0) is 18.2 Å². The van der Waals surface area contributed by atoms with Crippen molar-refractivity contribution in [2.75, 3.05) is 25.5 Å². The summed E-state index contributed by atoms with van der Waals surface area (Å²) in [5, 5.41) is 16.1. The lowest BCUT2D eigenvalue weighted by Gasteiger charge is -2.14. The van der Waals surface area contributed by atoms with Crippen molar-refractivity contribution >= 4 is 11.6 Å². The summed E-state index contributed by atoms with van der Waals surface area (Å²) < 4.78 is 13.9. The van der Waals surface area contributed by atoms with E-state index >= 15 is 0 Å². The third-order valence-corrected chi connectivity index (χ3v) is 3.08. The summed E-state index contributed by atoms with van der Waals surface area (Å²) >= 11 is 0. The molecule has 0 saturated carbocycles. The van der Waals surface area contributed by atoms with Gasteiger partial charge in [0.25, 0.3) is 5.91 Å². The van der Waals surface area contributed by atoms with E-state index in [2.05, 4.69) is 25.9 Å². The van der Waals surface area contributed by atoms with E-state index in [1.54, 1.807) is 25.1 Å². The third kappa shape index (κ3) is 3.53. The zero-order chi connectivity index (χ0) is 15.4. The van der Waals surface area contributed by atoms with Crippen LogP contribution in [0.2, 0.25) is 0 Å². The van der Waals surface area contributed by atoms with Crippen molar-refractivity contribution in [1.82, 2.24) is 25.9 Å². The largest absolute Gasteiger partial charge is 0.378 e.